The lowest BCUT2D eigenvalue weighted by atomic mass is 10.1. The molecule has 1 rings (SSSR count). The van der Waals surface area contributed by atoms with E-state index in [4.69, 9.17) is 5.73 Å². The molecule has 0 unspecified atom stereocenters. The Morgan fingerprint density at radius 1 is 1.33 bits per heavy atom. The molecule has 12 heavy (non-hydrogen) atoms. The summed E-state index contributed by atoms with van der Waals surface area (Å²) < 4.78 is 0.407. The monoisotopic (exact) mass is 187 g/mol. The number of nitrogens with two attached hydrogens (primary N) is 1. The van der Waals surface area contributed by atoms with Gasteiger partial charge < -0.3 is 5.73 Å². The van der Waals surface area contributed by atoms with E-state index >= 15 is 0 Å². The summed E-state index contributed by atoms with van der Waals surface area (Å²) in [5, 5.41) is 0.923. The highest BCUT2D eigenvalue weighted by molar-refractivity contribution is 8.01. The largest absolute Gasteiger partial charge is 0.330 e. The molecule has 0 spiro atoms. The van der Waals surface area contributed by atoms with Crippen LogP contribution in [-0.2, 0) is 0 Å². The minimum absolute atomic E-state index is 0.407. The van der Waals surface area contributed by atoms with E-state index in [0.29, 0.717) is 4.75 Å². The van der Waals surface area contributed by atoms with Gasteiger partial charge >= 0.3 is 0 Å². The van der Waals surface area contributed by atoms with Crippen molar-refractivity contribution in [1.82, 2.24) is 0 Å². The van der Waals surface area contributed by atoms with Crippen LogP contribution in [-0.4, -0.2) is 16.5 Å². The molecule has 1 aliphatic carbocycles. The van der Waals surface area contributed by atoms with Crippen molar-refractivity contribution in [3.05, 3.63) is 0 Å². The molecule has 0 bridgehead atoms. The molecular formula is C10H21NS. The summed E-state index contributed by atoms with van der Waals surface area (Å²) in [5.74, 6) is 0. The second kappa shape index (κ2) is 4.52. The molecule has 0 aromatic carbocycles. The smallest absolute Gasteiger partial charge is 0.0118 e. The average Bonchev–Trinajstić information content (AvgIpc) is 2.38. The molecule has 0 aromatic heterocycles. The molecule has 1 saturated carbocycles. The van der Waals surface area contributed by atoms with E-state index in [0.717, 1.165) is 18.2 Å². The van der Waals surface area contributed by atoms with Gasteiger partial charge in [0.05, 0.1) is 0 Å². The fraction of sp³-hybridized carbons (Fsp3) is 1.00. The fourth-order valence-corrected chi connectivity index (χ4v) is 3.57. The van der Waals surface area contributed by atoms with Crippen LogP contribution < -0.4 is 5.73 Å². The second-order valence-corrected chi connectivity index (χ2v) is 6.33. The summed E-state index contributed by atoms with van der Waals surface area (Å²) in [5.41, 5.74) is 5.58. The van der Waals surface area contributed by atoms with E-state index < -0.39 is 0 Å². The Bertz CT molecular complexity index is 128. The van der Waals surface area contributed by atoms with Crippen molar-refractivity contribution in [2.75, 3.05) is 6.54 Å². The number of thioether (sulfide) groups is 1. The predicted octanol–water partition coefficient (Wildman–Crippen LogP) is 2.79. The summed E-state index contributed by atoms with van der Waals surface area (Å²) in [7, 11) is 0. The predicted molar refractivity (Wildman–Crippen MR) is 57.6 cm³/mol. The van der Waals surface area contributed by atoms with E-state index in [1.54, 1.807) is 0 Å². The molecule has 72 valence electrons. The molecule has 0 amide bonds. The summed E-state index contributed by atoms with van der Waals surface area (Å²) >= 11 is 2.15. The summed E-state index contributed by atoms with van der Waals surface area (Å²) in [4.78, 5) is 0. The van der Waals surface area contributed by atoms with Gasteiger partial charge in [-0.3, -0.25) is 0 Å². The third kappa shape index (κ3) is 3.36. The van der Waals surface area contributed by atoms with Crippen LogP contribution in [0.5, 0.6) is 0 Å². The zero-order valence-electron chi connectivity index (χ0n) is 8.31. The average molecular weight is 187 g/mol. The topological polar surface area (TPSA) is 26.0 Å². The van der Waals surface area contributed by atoms with Crippen LogP contribution in [0.4, 0.5) is 0 Å². The molecule has 1 aliphatic rings. The normalized spacial score (nSPS) is 20.2. The van der Waals surface area contributed by atoms with Gasteiger partial charge in [-0.15, -0.1) is 0 Å². The van der Waals surface area contributed by atoms with Crippen molar-refractivity contribution in [3.63, 3.8) is 0 Å². The van der Waals surface area contributed by atoms with Crippen molar-refractivity contribution in [1.29, 1.82) is 0 Å². The van der Waals surface area contributed by atoms with Crippen LogP contribution in [0.1, 0.15) is 46.0 Å². The Kier molecular flexibility index (Phi) is 3.91. The Balaban J connectivity index is 2.27. The molecule has 2 N–H and O–H groups in total. The maximum absolute atomic E-state index is 5.58. The van der Waals surface area contributed by atoms with Crippen LogP contribution in [0.15, 0.2) is 0 Å². The fourth-order valence-electron chi connectivity index (χ4n) is 1.86. The van der Waals surface area contributed by atoms with Crippen LogP contribution >= 0.6 is 11.8 Å². The Hall–Kier alpha value is 0.310. The van der Waals surface area contributed by atoms with E-state index in [-0.39, 0.29) is 0 Å². The summed E-state index contributed by atoms with van der Waals surface area (Å²) in [6.45, 7) is 5.47. The molecule has 0 heterocycles. The first-order valence-corrected chi connectivity index (χ1v) is 5.90. The first-order valence-electron chi connectivity index (χ1n) is 5.02. The third-order valence-corrected chi connectivity index (χ3v) is 4.18. The highest BCUT2D eigenvalue weighted by Gasteiger charge is 2.25. The molecule has 0 atom stereocenters. The van der Waals surface area contributed by atoms with Crippen LogP contribution in [0.25, 0.3) is 0 Å². The molecule has 0 aromatic rings. The third-order valence-electron chi connectivity index (χ3n) is 2.53. The molecular weight excluding hydrogens is 166 g/mol. The highest BCUT2D eigenvalue weighted by Crippen LogP contribution is 2.39. The minimum Gasteiger partial charge on any atom is -0.330 e. The van der Waals surface area contributed by atoms with Crippen molar-refractivity contribution in [3.8, 4) is 0 Å². The maximum Gasteiger partial charge on any atom is 0.0118 e. The van der Waals surface area contributed by atoms with Gasteiger partial charge in [-0.25, -0.2) is 0 Å². The maximum atomic E-state index is 5.58. The van der Waals surface area contributed by atoms with Crippen molar-refractivity contribution in [2.24, 2.45) is 5.73 Å². The molecule has 1 fully saturated rings. The quantitative estimate of drug-likeness (QED) is 0.732. The lowest BCUT2D eigenvalue weighted by Gasteiger charge is -2.26. The Labute approximate surface area is 80.5 Å². The van der Waals surface area contributed by atoms with Crippen LogP contribution in [0.3, 0.4) is 0 Å². The number of hydrogen-bond donors (Lipinski definition) is 1. The van der Waals surface area contributed by atoms with Crippen molar-refractivity contribution < 1.29 is 0 Å². The van der Waals surface area contributed by atoms with Gasteiger partial charge in [-0.2, -0.15) is 11.8 Å². The van der Waals surface area contributed by atoms with E-state index in [2.05, 4.69) is 25.6 Å². The van der Waals surface area contributed by atoms with Crippen molar-refractivity contribution in [2.45, 2.75) is 55.9 Å². The Morgan fingerprint density at radius 3 is 2.42 bits per heavy atom. The lowest BCUT2D eigenvalue weighted by molar-refractivity contribution is 0.643. The van der Waals surface area contributed by atoms with Crippen LogP contribution in [0, 0.1) is 0 Å². The van der Waals surface area contributed by atoms with Crippen LogP contribution in [0.2, 0.25) is 0 Å². The zero-order valence-corrected chi connectivity index (χ0v) is 9.12. The van der Waals surface area contributed by atoms with Gasteiger partial charge in [0, 0.05) is 10.00 Å². The van der Waals surface area contributed by atoms with Gasteiger partial charge in [0.2, 0.25) is 0 Å². The highest BCUT2D eigenvalue weighted by atomic mass is 32.2. The molecule has 1 nitrogen and oxygen atoms in total. The van der Waals surface area contributed by atoms with Gasteiger partial charge in [-0.05, 0) is 25.8 Å². The first-order chi connectivity index (χ1) is 5.64. The molecule has 0 radical (unpaired) electrons. The standard InChI is InChI=1S/C10H21NS/c1-10(2,7-8-11)12-9-5-3-4-6-9/h9H,3-8,11H2,1-2H3. The SMILES string of the molecule is CC(C)(CCN)SC1CCCC1. The lowest BCUT2D eigenvalue weighted by Crippen LogP contribution is -2.22. The molecule has 0 saturated heterocycles. The van der Waals surface area contributed by atoms with Gasteiger partial charge in [-0.1, -0.05) is 26.7 Å². The summed E-state index contributed by atoms with van der Waals surface area (Å²) in [6, 6.07) is 0. The first kappa shape index (κ1) is 10.4. The number of rotatable bonds is 4. The van der Waals surface area contributed by atoms with E-state index in [9.17, 15) is 0 Å². The van der Waals surface area contributed by atoms with Gasteiger partial charge in [0.1, 0.15) is 0 Å². The van der Waals surface area contributed by atoms with Crippen molar-refractivity contribution >= 4 is 11.8 Å². The van der Waals surface area contributed by atoms with Gasteiger partial charge in [0.25, 0.3) is 0 Å². The molecule has 2 heteroatoms. The second-order valence-electron chi connectivity index (χ2n) is 4.32. The van der Waals surface area contributed by atoms with E-state index in [1.807, 2.05) is 0 Å². The van der Waals surface area contributed by atoms with Gasteiger partial charge in [0.15, 0.2) is 0 Å². The minimum atomic E-state index is 0.407. The molecule has 0 aliphatic heterocycles. The number of hydrogen-bond acceptors (Lipinski definition) is 2. The van der Waals surface area contributed by atoms with E-state index in [1.165, 1.54) is 25.7 Å². The zero-order chi connectivity index (χ0) is 9.03. The summed E-state index contributed by atoms with van der Waals surface area (Å²) in [6.07, 6.45) is 6.89. The Morgan fingerprint density at radius 2 is 1.92 bits per heavy atom.